The summed E-state index contributed by atoms with van der Waals surface area (Å²) in [6.45, 7) is 3.02. The molecule has 196 valence electrons. The molecule has 9 heteroatoms. The maximum absolute atomic E-state index is 13.7. The fourth-order valence-electron chi connectivity index (χ4n) is 4.77. The first-order chi connectivity index (χ1) is 17.6. The number of aromatic nitrogens is 2. The summed E-state index contributed by atoms with van der Waals surface area (Å²) in [7, 11) is 0. The summed E-state index contributed by atoms with van der Waals surface area (Å²) in [5.74, 6) is -3.81. The van der Waals surface area contributed by atoms with Crippen LogP contribution in [0.15, 0.2) is 48.8 Å². The second kappa shape index (κ2) is 11.4. The van der Waals surface area contributed by atoms with Crippen LogP contribution in [0.5, 0.6) is 0 Å². The van der Waals surface area contributed by atoms with Crippen LogP contribution in [0.2, 0.25) is 0 Å². The molecular formula is C28H32F2N4O3. The van der Waals surface area contributed by atoms with Gasteiger partial charge in [-0.3, -0.25) is 4.79 Å². The predicted molar refractivity (Wildman–Crippen MR) is 135 cm³/mol. The van der Waals surface area contributed by atoms with E-state index in [0.717, 1.165) is 66.1 Å². The Kier molecular flexibility index (Phi) is 8.26. The third-order valence-electron chi connectivity index (χ3n) is 6.74. The molecule has 3 aromatic rings. The molecule has 4 rings (SSSR count). The van der Waals surface area contributed by atoms with Gasteiger partial charge in [-0.1, -0.05) is 19.1 Å². The lowest BCUT2D eigenvalue weighted by Crippen LogP contribution is -2.58. The van der Waals surface area contributed by atoms with Crippen LogP contribution in [0.25, 0.3) is 11.4 Å². The highest BCUT2D eigenvalue weighted by atomic mass is 19.1. The lowest BCUT2D eigenvalue weighted by molar-refractivity contribution is -0.182. The Bertz CT molecular complexity index is 1230. The SMILES string of the molecule is CCc1cnc(-c2ccc3c(c2)[C@@H](NCC(O)(O)[C@H](Cc2cc(F)cc(F)c2)NC(C)=O)CCC3)nc1. The number of nitrogens with zero attached hydrogens (tertiary/aromatic N) is 2. The molecule has 0 fully saturated rings. The number of aliphatic hydroxyl groups is 2. The quantitative estimate of drug-likeness (QED) is 0.329. The first-order valence-electron chi connectivity index (χ1n) is 12.5. The topological polar surface area (TPSA) is 107 Å². The van der Waals surface area contributed by atoms with Gasteiger partial charge in [-0.05, 0) is 72.6 Å². The number of rotatable bonds is 9. The number of aryl methyl sites for hydroxylation is 2. The maximum atomic E-state index is 13.7. The summed E-state index contributed by atoms with van der Waals surface area (Å²) < 4.78 is 27.4. The normalized spacial score (nSPS) is 16.2. The molecule has 2 aromatic carbocycles. The summed E-state index contributed by atoms with van der Waals surface area (Å²) >= 11 is 0. The van der Waals surface area contributed by atoms with E-state index in [0.29, 0.717) is 5.82 Å². The molecule has 1 aliphatic rings. The number of carbonyl (C=O) groups excluding carboxylic acids is 1. The molecule has 0 spiro atoms. The molecule has 0 bridgehead atoms. The number of halogens is 2. The number of benzene rings is 2. The van der Waals surface area contributed by atoms with Crippen molar-refractivity contribution in [3.8, 4) is 11.4 Å². The van der Waals surface area contributed by atoms with Crippen molar-refractivity contribution in [3.05, 3.63) is 82.7 Å². The van der Waals surface area contributed by atoms with E-state index in [9.17, 15) is 23.8 Å². The molecule has 2 atom stereocenters. The van der Waals surface area contributed by atoms with Crippen LogP contribution in [-0.4, -0.2) is 44.5 Å². The van der Waals surface area contributed by atoms with Gasteiger partial charge in [-0.2, -0.15) is 0 Å². The minimum absolute atomic E-state index is 0.165. The molecule has 0 saturated heterocycles. The minimum Gasteiger partial charge on any atom is -0.363 e. The second-order valence-corrected chi connectivity index (χ2v) is 9.62. The lowest BCUT2D eigenvalue weighted by atomic mass is 9.86. The minimum atomic E-state index is -2.39. The molecule has 7 nitrogen and oxygen atoms in total. The van der Waals surface area contributed by atoms with Crippen LogP contribution in [0, 0.1) is 11.6 Å². The van der Waals surface area contributed by atoms with Crippen LogP contribution < -0.4 is 10.6 Å². The molecular weight excluding hydrogens is 478 g/mol. The molecule has 0 unspecified atom stereocenters. The van der Waals surface area contributed by atoms with E-state index in [2.05, 4.69) is 26.7 Å². The highest BCUT2D eigenvalue weighted by Gasteiger charge is 2.36. The molecule has 37 heavy (non-hydrogen) atoms. The molecule has 0 saturated carbocycles. The Hall–Kier alpha value is -3.27. The van der Waals surface area contributed by atoms with Gasteiger partial charge < -0.3 is 20.8 Å². The van der Waals surface area contributed by atoms with E-state index < -0.39 is 29.4 Å². The Balaban J connectivity index is 1.52. The van der Waals surface area contributed by atoms with Crippen LogP contribution in [0.1, 0.15) is 55.0 Å². The van der Waals surface area contributed by atoms with Gasteiger partial charge in [0.2, 0.25) is 5.91 Å². The Morgan fingerprint density at radius 3 is 2.46 bits per heavy atom. The zero-order valence-electron chi connectivity index (χ0n) is 21.0. The van der Waals surface area contributed by atoms with Crippen molar-refractivity contribution in [2.45, 2.75) is 63.8 Å². The number of amides is 1. The van der Waals surface area contributed by atoms with Gasteiger partial charge in [-0.25, -0.2) is 18.7 Å². The van der Waals surface area contributed by atoms with Gasteiger partial charge in [0.15, 0.2) is 11.6 Å². The van der Waals surface area contributed by atoms with Crippen molar-refractivity contribution in [3.63, 3.8) is 0 Å². The summed E-state index contributed by atoms with van der Waals surface area (Å²) in [5.41, 5.74) is 4.32. The van der Waals surface area contributed by atoms with E-state index >= 15 is 0 Å². The molecule has 1 aliphatic carbocycles. The lowest BCUT2D eigenvalue weighted by Gasteiger charge is -2.35. The van der Waals surface area contributed by atoms with Crippen LogP contribution in [-0.2, 0) is 24.1 Å². The van der Waals surface area contributed by atoms with E-state index in [1.165, 1.54) is 6.92 Å². The van der Waals surface area contributed by atoms with E-state index in [4.69, 9.17) is 0 Å². The van der Waals surface area contributed by atoms with Gasteiger partial charge in [0.05, 0.1) is 12.6 Å². The van der Waals surface area contributed by atoms with Crippen molar-refractivity contribution in [1.29, 1.82) is 0 Å². The number of fused-ring (bicyclic) bond motifs is 1. The predicted octanol–water partition coefficient (Wildman–Crippen LogP) is 3.38. The standard InChI is InChI=1S/C28H32F2N4O3/c1-3-18-14-31-27(32-15-18)21-8-7-20-5-4-6-25(24(20)12-21)33-16-28(36,37)26(34-17(2)35)11-19-9-22(29)13-23(30)10-19/h7-10,12-15,25-26,33,36-37H,3-6,11,16H2,1-2H3,(H,34,35)/t25-,26-/m0/s1. The van der Waals surface area contributed by atoms with E-state index in [1.54, 1.807) is 0 Å². The molecule has 0 aliphatic heterocycles. The Morgan fingerprint density at radius 2 is 1.81 bits per heavy atom. The fourth-order valence-corrected chi connectivity index (χ4v) is 4.77. The third kappa shape index (κ3) is 6.74. The van der Waals surface area contributed by atoms with Gasteiger partial charge in [0.25, 0.3) is 0 Å². The molecule has 0 radical (unpaired) electrons. The average molecular weight is 511 g/mol. The summed E-state index contributed by atoms with van der Waals surface area (Å²) in [6.07, 6.45) is 6.93. The maximum Gasteiger partial charge on any atom is 0.217 e. The van der Waals surface area contributed by atoms with Crippen LogP contribution in [0.4, 0.5) is 8.78 Å². The largest absolute Gasteiger partial charge is 0.363 e. The smallest absolute Gasteiger partial charge is 0.217 e. The number of hydrogen-bond donors (Lipinski definition) is 4. The average Bonchev–Trinajstić information content (AvgIpc) is 2.86. The van der Waals surface area contributed by atoms with Gasteiger partial charge in [-0.15, -0.1) is 0 Å². The molecule has 1 heterocycles. The van der Waals surface area contributed by atoms with Crippen molar-refractivity contribution in [1.82, 2.24) is 20.6 Å². The van der Waals surface area contributed by atoms with Crippen molar-refractivity contribution >= 4 is 5.91 Å². The van der Waals surface area contributed by atoms with Crippen molar-refractivity contribution in [2.24, 2.45) is 0 Å². The number of nitrogens with one attached hydrogen (secondary N) is 2. The fraction of sp³-hybridized carbons (Fsp3) is 0.393. The van der Waals surface area contributed by atoms with Crippen LogP contribution in [0.3, 0.4) is 0 Å². The number of hydrogen-bond acceptors (Lipinski definition) is 6. The van der Waals surface area contributed by atoms with E-state index in [1.807, 2.05) is 31.5 Å². The zero-order chi connectivity index (χ0) is 26.6. The van der Waals surface area contributed by atoms with Crippen molar-refractivity contribution < 1.29 is 23.8 Å². The first-order valence-corrected chi connectivity index (χ1v) is 12.5. The number of carbonyl (C=O) groups is 1. The van der Waals surface area contributed by atoms with E-state index in [-0.39, 0.29) is 24.6 Å². The van der Waals surface area contributed by atoms with Crippen molar-refractivity contribution in [2.75, 3.05) is 6.54 Å². The van der Waals surface area contributed by atoms with Gasteiger partial charge >= 0.3 is 0 Å². The molecule has 1 amide bonds. The molecule has 4 N–H and O–H groups in total. The Morgan fingerprint density at radius 1 is 1.11 bits per heavy atom. The second-order valence-electron chi connectivity index (χ2n) is 9.62. The van der Waals surface area contributed by atoms with Gasteiger partial charge in [0, 0.05) is 37.0 Å². The van der Waals surface area contributed by atoms with Crippen LogP contribution >= 0.6 is 0 Å². The monoisotopic (exact) mass is 510 g/mol. The first kappa shape index (κ1) is 26.8. The van der Waals surface area contributed by atoms with Gasteiger partial charge in [0.1, 0.15) is 11.6 Å². The summed E-state index contributed by atoms with van der Waals surface area (Å²) in [4.78, 5) is 20.7. The molecule has 1 aromatic heterocycles. The highest BCUT2D eigenvalue weighted by molar-refractivity contribution is 5.73. The third-order valence-corrected chi connectivity index (χ3v) is 6.74. The summed E-state index contributed by atoms with van der Waals surface area (Å²) in [6, 6.07) is 7.67. The summed E-state index contributed by atoms with van der Waals surface area (Å²) in [5, 5.41) is 27.7. The highest BCUT2D eigenvalue weighted by Crippen LogP contribution is 2.33. The zero-order valence-corrected chi connectivity index (χ0v) is 21.0. The Labute approximate surface area is 215 Å².